The molecule has 1 fully saturated rings. The summed E-state index contributed by atoms with van der Waals surface area (Å²) in [5, 5.41) is 0. The van der Waals surface area contributed by atoms with Crippen molar-refractivity contribution in [2.45, 2.75) is 50.7 Å². The van der Waals surface area contributed by atoms with Gasteiger partial charge in [-0.2, -0.15) is 0 Å². The van der Waals surface area contributed by atoms with Crippen LogP contribution < -0.4 is 5.73 Å². The van der Waals surface area contributed by atoms with Gasteiger partial charge in [-0.3, -0.25) is 0 Å². The highest BCUT2D eigenvalue weighted by molar-refractivity contribution is 4.76. The molecule has 0 aromatic rings. The molecule has 2 atom stereocenters. The van der Waals surface area contributed by atoms with Gasteiger partial charge in [0.1, 0.15) is 0 Å². The normalized spacial score (nSPS) is 28.7. The number of hydrogen-bond donors (Lipinski definition) is 1. The highest BCUT2D eigenvalue weighted by Gasteiger charge is 2.20. The second kappa shape index (κ2) is 7.21. The Balaban J connectivity index is 2.13. The Hall–Kier alpha value is -0.120. The fraction of sp³-hybridized carbons (Fsp3) is 1.00. The lowest BCUT2D eigenvalue weighted by Crippen LogP contribution is -2.36. The number of methoxy groups -OCH3 is 1. The van der Waals surface area contributed by atoms with Gasteiger partial charge < -0.3 is 15.2 Å². The molecule has 2 N–H and O–H groups in total. The molecule has 0 aliphatic heterocycles. The first-order chi connectivity index (χ1) is 6.84. The first kappa shape index (κ1) is 12.0. The molecule has 0 aromatic carbocycles. The zero-order chi connectivity index (χ0) is 10.2. The maximum absolute atomic E-state index is 6.04. The Morgan fingerprint density at radius 1 is 1.14 bits per heavy atom. The largest absolute Gasteiger partial charge is 0.385 e. The third kappa shape index (κ3) is 4.40. The van der Waals surface area contributed by atoms with E-state index >= 15 is 0 Å². The van der Waals surface area contributed by atoms with Crippen LogP contribution in [0.1, 0.15) is 38.5 Å². The summed E-state index contributed by atoms with van der Waals surface area (Å²) in [6.07, 6.45) is 7.35. The molecule has 1 aliphatic carbocycles. The molecule has 84 valence electrons. The standard InChI is InChI=1S/C11H23NO2/c1-13-8-5-9-14-11-7-4-2-3-6-10(11)12/h10-11H,2-9,12H2,1H3. The highest BCUT2D eigenvalue weighted by Crippen LogP contribution is 2.19. The summed E-state index contributed by atoms with van der Waals surface area (Å²) in [7, 11) is 1.72. The fourth-order valence-electron chi connectivity index (χ4n) is 1.95. The van der Waals surface area contributed by atoms with E-state index in [2.05, 4.69) is 0 Å². The Kier molecular flexibility index (Phi) is 6.15. The molecule has 1 saturated carbocycles. The van der Waals surface area contributed by atoms with Gasteiger partial charge in [-0.1, -0.05) is 19.3 Å². The van der Waals surface area contributed by atoms with Crippen molar-refractivity contribution in [1.82, 2.24) is 0 Å². The average molecular weight is 201 g/mol. The SMILES string of the molecule is COCCCOC1CCCCCC1N. The molecular formula is C11H23NO2. The van der Waals surface area contributed by atoms with E-state index in [-0.39, 0.29) is 12.1 Å². The molecule has 2 unspecified atom stereocenters. The monoisotopic (exact) mass is 201 g/mol. The predicted octanol–water partition coefficient (Wildman–Crippen LogP) is 1.70. The first-order valence-corrected chi connectivity index (χ1v) is 5.70. The molecular weight excluding hydrogens is 178 g/mol. The third-order valence-electron chi connectivity index (χ3n) is 2.83. The summed E-state index contributed by atoms with van der Waals surface area (Å²) in [6, 6.07) is 0.250. The van der Waals surface area contributed by atoms with E-state index in [1.807, 2.05) is 0 Å². The number of nitrogens with two attached hydrogens (primary N) is 1. The summed E-state index contributed by atoms with van der Waals surface area (Å²) >= 11 is 0. The maximum Gasteiger partial charge on any atom is 0.0725 e. The smallest absolute Gasteiger partial charge is 0.0725 e. The van der Waals surface area contributed by atoms with Gasteiger partial charge in [0.25, 0.3) is 0 Å². The minimum atomic E-state index is 0.250. The van der Waals surface area contributed by atoms with E-state index in [1.165, 1.54) is 19.3 Å². The molecule has 0 bridgehead atoms. The van der Waals surface area contributed by atoms with E-state index in [0.29, 0.717) is 0 Å². The fourth-order valence-corrected chi connectivity index (χ4v) is 1.95. The van der Waals surface area contributed by atoms with Crippen LogP contribution in [-0.4, -0.2) is 32.5 Å². The summed E-state index contributed by atoms with van der Waals surface area (Å²) in [6.45, 7) is 1.56. The van der Waals surface area contributed by atoms with E-state index in [4.69, 9.17) is 15.2 Å². The lowest BCUT2D eigenvalue weighted by molar-refractivity contribution is 0.0206. The van der Waals surface area contributed by atoms with Crippen molar-refractivity contribution in [3.05, 3.63) is 0 Å². The topological polar surface area (TPSA) is 44.5 Å². The van der Waals surface area contributed by atoms with Crippen LogP contribution in [0.3, 0.4) is 0 Å². The molecule has 1 aliphatic rings. The van der Waals surface area contributed by atoms with Crippen molar-refractivity contribution in [2.24, 2.45) is 5.73 Å². The Morgan fingerprint density at radius 3 is 2.71 bits per heavy atom. The lowest BCUT2D eigenvalue weighted by atomic mass is 10.1. The van der Waals surface area contributed by atoms with E-state index in [1.54, 1.807) is 7.11 Å². The number of rotatable bonds is 5. The van der Waals surface area contributed by atoms with Crippen molar-refractivity contribution in [3.63, 3.8) is 0 Å². The molecule has 0 spiro atoms. The van der Waals surface area contributed by atoms with E-state index in [0.717, 1.165) is 32.5 Å². The first-order valence-electron chi connectivity index (χ1n) is 5.70. The van der Waals surface area contributed by atoms with Gasteiger partial charge in [-0.05, 0) is 19.3 Å². The van der Waals surface area contributed by atoms with Gasteiger partial charge in [-0.25, -0.2) is 0 Å². The summed E-state index contributed by atoms with van der Waals surface area (Å²) in [5.74, 6) is 0. The van der Waals surface area contributed by atoms with Gasteiger partial charge in [0.2, 0.25) is 0 Å². The third-order valence-corrected chi connectivity index (χ3v) is 2.83. The van der Waals surface area contributed by atoms with Gasteiger partial charge in [0.05, 0.1) is 6.10 Å². The quantitative estimate of drug-likeness (QED) is 0.544. The van der Waals surface area contributed by atoms with Crippen LogP contribution in [0.2, 0.25) is 0 Å². The number of ether oxygens (including phenoxy) is 2. The van der Waals surface area contributed by atoms with Crippen LogP contribution in [0, 0.1) is 0 Å². The van der Waals surface area contributed by atoms with Crippen LogP contribution in [0.4, 0.5) is 0 Å². The molecule has 14 heavy (non-hydrogen) atoms. The van der Waals surface area contributed by atoms with Gasteiger partial charge in [-0.15, -0.1) is 0 Å². The Labute approximate surface area is 86.9 Å². The van der Waals surface area contributed by atoms with Crippen LogP contribution in [0.15, 0.2) is 0 Å². The van der Waals surface area contributed by atoms with Crippen molar-refractivity contribution < 1.29 is 9.47 Å². The molecule has 0 saturated heterocycles. The summed E-state index contributed by atoms with van der Waals surface area (Å²) in [5.41, 5.74) is 6.04. The van der Waals surface area contributed by atoms with Crippen molar-refractivity contribution in [1.29, 1.82) is 0 Å². The van der Waals surface area contributed by atoms with Crippen molar-refractivity contribution in [3.8, 4) is 0 Å². The molecule has 3 nitrogen and oxygen atoms in total. The Morgan fingerprint density at radius 2 is 1.93 bits per heavy atom. The average Bonchev–Trinajstić information content (AvgIpc) is 2.39. The molecule has 0 radical (unpaired) electrons. The lowest BCUT2D eigenvalue weighted by Gasteiger charge is -2.21. The van der Waals surface area contributed by atoms with Crippen LogP contribution >= 0.6 is 0 Å². The Bertz CT molecular complexity index is 141. The maximum atomic E-state index is 6.04. The minimum absolute atomic E-state index is 0.250. The second-order valence-corrected chi connectivity index (χ2v) is 4.06. The highest BCUT2D eigenvalue weighted by atomic mass is 16.5. The predicted molar refractivity (Wildman–Crippen MR) is 57.3 cm³/mol. The minimum Gasteiger partial charge on any atom is -0.385 e. The molecule has 3 heteroatoms. The van der Waals surface area contributed by atoms with Crippen LogP contribution in [0.25, 0.3) is 0 Å². The molecule has 0 amide bonds. The van der Waals surface area contributed by atoms with Gasteiger partial charge in [0, 0.05) is 26.4 Å². The number of hydrogen-bond acceptors (Lipinski definition) is 3. The van der Waals surface area contributed by atoms with Crippen LogP contribution in [-0.2, 0) is 9.47 Å². The molecule has 1 rings (SSSR count). The molecule has 0 aromatic heterocycles. The van der Waals surface area contributed by atoms with Crippen molar-refractivity contribution >= 4 is 0 Å². The van der Waals surface area contributed by atoms with Crippen LogP contribution in [0.5, 0.6) is 0 Å². The molecule has 0 heterocycles. The van der Waals surface area contributed by atoms with Crippen molar-refractivity contribution in [2.75, 3.05) is 20.3 Å². The van der Waals surface area contributed by atoms with E-state index < -0.39 is 0 Å². The zero-order valence-electron chi connectivity index (χ0n) is 9.21. The summed E-state index contributed by atoms with van der Waals surface area (Å²) < 4.78 is 10.7. The van der Waals surface area contributed by atoms with E-state index in [9.17, 15) is 0 Å². The van der Waals surface area contributed by atoms with Gasteiger partial charge in [0.15, 0.2) is 0 Å². The zero-order valence-corrected chi connectivity index (χ0v) is 9.21. The summed E-state index contributed by atoms with van der Waals surface area (Å²) in [4.78, 5) is 0. The second-order valence-electron chi connectivity index (χ2n) is 4.06. The van der Waals surface area contributed by atoms with Gasteiger partial charge >= 0.3 is 0 Å².